The van der Waals surface area contributed by atoms with Crippen molar-refractivity contribution < 1.29 is 9.96 Å². The number of hydrogen-bond acceptors (Lipinski definition) is 0. The number of hydrogen-bond donors (Lipinski definition) is 0. The average Bonchev–Trinajstić information content (AvgIpc) is 1.85. The van der Waals surface area contributed by atoms with E-state index in [2.05, 4.69) is 51.5 Å². The minimum atomic E-state index is 0. The van der Waals surface area contributed by atoms with Crippen LogP contribution in [0.3, 0.4) is 0 Å². The molecule has 2 nitrogen and oxygen atoms in total. The lowest BCUT2D eigenvalue weighted by Crippen LogP contribution is -2.33. The van der Waals surface area contributed by atoms with Crippen LogP contribution in [-0.2, 0) is 6.54 Å². The van der Waals surface area contributed by atoms with Crippen molar-refractivity contribution >= 4 is 0 Å². The van der Waals surface area contributed by atoms with Gasteiger partial charge in [-0.2, -0.15) is 0 Å². The molecule has 1 rings (SSSR count). The first kappa shape index (κ1) is 11.1. The molecular weight excluding hydrogens is 150 g/mol. The highest BCUT2D eigenvalue weighted by molar-refractivity contribution is 5.13. The van der Waals surface area contributed by atoms with Gasteiger partial charge in [0.1, 0.15) is 6.54 Å². The summed E-state index contributed by atoms with van der Waals surface area (Å²) in [4.78, 5) is 0. The SMILES string of the molecule is C[N+](C)(C)Cc1ccccc1.O. The van der Waals surface area contributed by atoms with E-state index < -0.39 is 0 Å². The molecule has 0 heterocycles. The fourth-order valence-electron chi connectivity index (χ4n) is 1.13. The van der Waals surface area contributed by atoms with Crippen LogP contribution in [0.5, 0.6) is 0 Å². The Morgan fingerprint density at radius 3 is 1.92 bits per heavy atom. The van der Waals surface area contributed by atoms with Crippen molar-refractivity contribution in [2.24, 2.45) is 0 Å². The summed E-state index contributed by atoms with van der Waals surface area (Å²) in [6.07, 6.45) is 0. The zero-order valence-electron chi connectivity index (χ0n) is 8.04. The zero-order valence-corrected chi connectivity index (χ0v) is 8.04. The Morgan fingerprint density at radius 2 is 1.50 bits per heavy atom. The fraction of sp³-hybridized carbons (Fsp3) is 0.400. The van der Waals surface area contributed by atoms with Gasteiger partial charge in [-0.25, -0.2) is 0 Å². The van der Waals surface area contributed by atoms with Crippen LogP contribution in [0.15, 0.2) is 30.3 Å². The molecule has 1 aromatic rings. The summed E-state index contributed by atoms with van der Waals surface area (Å²) < 4.78 is 0.990. The van der Waals surface area contributed by atoms with Gasteiger partial charge in [-0.3, -0.25) is 0 Å². The van der Waals surface area contributed by atoms with Crippen LogP contribution in [0.25, 0.3) is 0 Å². The van der Waals surface area contributed by atoms with E-state index in [1.807, 2.05) is 0 Å². The standard InChI is InChI=1S/C10H16N.H2O/c1-11(2,3)9-10-7-5-4-6-8-10;/h4-8H,9H2,1-3H3;1H2/q+1;. The monoisotopic (exact) mass is 168 g/mol. The van der Waals surface area contributed by atoms with Crippen LogP contribution in [-0.4, -0.2) is 31.1 Å². The number of quaternary nitrogens is 1. The quantitative estimate of drug-likeness (QED) is 0.592. The van der Waals surface area contributed by atoms with Gasteiger partial charge in [0, 0.05) is 5.56 Å². The van der Waals surface area contributed by atoms with E-state index in [0.717, 1.165) is 11.0 Å². The Kier molecular flexibility index (Phi) is 3.93. The molecule has 0 spiro atoms. The third-order valence-electron chi connectivity index (χ3n) is 1.50. The molecule has 0 aliphatic rings. The predicted molar refractivity (Wildman–Crippen MR) is 51.8 cm³/mol. The summed E-state index contributed by atoms with van der Waals surface area (Å²) >= 11 is 0. The normalized spacial score (nSPS) is 10.6. The van der Waals surface area contributed by atoms with Gasteiger partial charge in [0.05, 0.1) is 21.1 Å². The van der Waals surface area contributed by atoms with Crippen molar-refractivity contribution in [3.63, 3.8) is 0 Å². The Labute approximate surface area is 74.3 Å². The molecule has 2 heteroatoms. The van der Waals surface area contributed by atoms with Crippen molar-refractivity contribution in [1.82, 2.24) is 0 Å². The molecule has 12 heavy (non-hydrogen) atoms. The maximum atomic E-state index is 2.20. The molecule has 0 amide bonds. The van der Waals surface area contributed by atoms with E-state index in [9.17, 15) is 0 Å². The highest BCUT2D eigenvalue weighted by atomic mass is 16.0. The molecule has 0 aliphatic heterocycles. The smallest absolute Gasteiger partial charge is 0.104 e. The predicted octanol–water partition coefficient (Wildman–Crippen LogP) is 1.07. The summed E-state index contributed by atoms with van der Waals surface area (Å²) in [5, 5.41) is 0. The molecule has 0 radical (unpaired) electrons. The van der Waals surface area contributed by atoms with Crippen LogP contribution in [0.1, 0.15) is 5.56 Å². The molecule has 68 valence electrons. The number of rotatable bonds is 2. The molecule has 1 aromatic carbocycles. The average molecular weight is 168 g/mol. The third kappa shape index (κ3) is 4.11. The van der Waals surface area contributed by atoms with Gasteiger partial charge in [-0.1, -0.05) is 30.3 Å². The van der Waals surface area contributed by atoms with Crippen molar-refractivity contribution in [3.8, 4) is 0 Å². The van der Waals surface area contributed by atoms with Crippen molar-refractivity contribution in [3.05, 3.63) is 35.9 Å². The fourth-order valence-corrected chi connectivity index (χ4v) is 1.13. The van der Waals surface area contributed by atoms with E-state index >= 15 is 0 Å². The van der Waals surface area contributed by atoms with Crippen molar-refractivity contribution in [2.45, 2.75) is 6.54 Å². The summed E-state index contributed by atoms with van der Waals surface area (Å²) in [6, 6.07) is 10.6. The first-order valence-corrected chi connectivity index (χ1v) is 3.92. The molecule has 0 saturated carbocycles. The Morgan fingerprint density at radius 1 is 1.00 bits per heavy atom. The maximum absolute atomic E-state index is 2.20. The van der Waals surface area contributed by atoms with Crippen molar-refractivity contribution in [2.75, 3.05) is 21.1 Å². The second-order valence-corrected chi connectivity index (χ2v) is 3.93. The second-order valence-electron chi connectivity index (χ2n) is 3.93. The van der Waals surface area contributed by atoms with Gasteiger partial charge in [0.15, 0.2) is 0 Å². The first-order valence-electron chi connectivity index (χ1n) is 3.92. The third-order valence-corrected chi connectivity index (χ3v) is 1.50. The largest absolute Gasteiger partial charge is 0.412 e. The van der Waals surface area contributed by atoms with Gasteiger partial charge < -0.3 is 9.96 Å². The lowest BCUT2D eigenvalue weighted by atomic mass is 10.2. The molecule has 0 fully saturated rings. The minimum Gasteiger partial charge on any atom is -0.412 e. The topological polar surface area (TPSA) is 31.5 Å². The van der Waals surface area contributed by atoms with Gasteiger partial charge in [-0.15, -0.1) is 0 Å². The summed E-state index contributed by atoms with van der Waals surface area (Å²) in [6.45, 7) is 1.10. The Bertz CT molecular complexity index is 213. The molecular formula is C10H18NO+. The first-order chi connectivity index (χ1) is 5.08. The highest BCUT2D eigenvalue weighted by Crippen LogP contribution is 2.04. The summed E-state index contributed by atoms with van der Waals surface area (Å²) in [5.74, 6) is 0. The molecule has 0 atom stereocenters. The minimum absolute atomic E-state index is 0. The summed E-state index contributed by atoms with van der Waals surface area (Å²) in [5.41, 5.74) is 1.40. The van der Waals surface area contributed by atoms with Gasteiger partial charge in [-0.05, 0) is 0 Å². The van der Waals surface area contributed by atoms with Crippen LogP contribution < -0.4 is 0 Å². The van der Waals surface area contributed by atoms with Crippen LogP contribution in [0.2, 0.25) is 0 Å². The summed E-state index contributed by atoms with van der Waals surface area (Å²) in [7, 11) is 6.60. The molecule has 0 unspecified atom stereocenters. The number of benzene rings is 1. The Hall–Kier alpha value is -0.860. The molecule has 0 aromatic heterocycles. The molecule has 0 saturated heterocycles. The van der Waals surface area contributed by atoms with E-state index in [0.29, 0.717) is 0 Å². The molecule has 0 aliphatic carbocycles. The van der Waals surface area contributed by atoms with Crippen LogP contribution >= 0.6 is 0 Å². The lowest BCUT2D eigenvalue weighted by Gasteiger charge is -2.23. The van der Waals surface area contributed by atoms with E-state index in [-0.39, 0.29) is 5.48 Å². The van der Waals surface area contributed by atoms with E-state index in [1.165, 1.54) is 5.56 Å². The van der Waals surface area contributed by atoms with Gasteiger partial charge in [0.25, 0.3) is 0 Å². The van der Waals surface area contributed by atoms with Crippen LogP contribution in [0.4, 0.5) is 0 Å². The molecule has 2 N–H and O–H groups in total. The second kappa shape index (κ2) is 4.24. The van der Waals surface area contributed by atoms with Gasteiger partial charge in [0.2, 0.25) is 0 Å². The molecule has 0 bridgehead atoms. The Balaban J connectivity index is 0.00000121. The highest BCUT2D eigenvalue weighted by Gasteiger charge is 2.06. The maximum Gasteiger partial charge on any atom is 0.104 e. The van der Waals surface area contributed by atoms with E-state index in [4.69, 9.17) is 0 Å². The zero-order chi connectivity index (χ0) is 8.32. The lowest BCUT2D eigenvalue weighted by molar-refractivity contribution is -0.884. The van der Waals surface area contributed by atoms with E-state index in [1.54, 1.807) is 0 Å². The van der Waals surface area contributed by atoms with Crippen molar-refractivity contribution in [1.29, 1.82) is 0 Å². The van der Waals surface area contributed by atoms with Gasteiger partial charge >= 0.3 is 0 Å². The van der Waals surface area contributed by atoms with Crippen LogP contribution in [0, 0.1) is 0 Å². The number of nitrogens with zero attached hydrogens (tertiary/aromatic N) is 1.